The van der Waals surface area contributed by atoms with Crippen LogP contribution in [0.15, 0.2) is 21.1 Å². The number of nitrogens with zero attached hydrogens (tertiary/aromatic N) is 1. The second-order valence-electron chi connectivity index (χ2n) is 3.18. The van der Waals surface area contributed by atoms with E-state index in [4.69, 9.17) is 10.5 Å². The highest BCUT2D eigenvalue weighted by Crippen LogP contribution is 2.37. The first kappa shape index (κ1) is 11.8. The predicted octanol–water partition coefficient (Wildman–Crippen LogP) is 2.97. The number of rotatable bonds is 2. The van der Waals surface area contributed by atoms with Gasteiger partial charge in [0, 0.05) is 6.07 Å². The zero-order valence-electron chi connectivity index (χ0n) is 8.63. The molecular formula is C10H7BrF2N2O2. The van der Waals surface area contributed by atoms with Gasteiger partial charge in [-0.05, 0) is 22.0 Å². The summed E-state index contributed by atoms with van der Waals surface area (Å²) < 4.78 is 36.4. The van der Waals surface area contributed by atoms with Crippen LogP contribution in [0.4, 0.5) is 14.7 Å². The van der Waals surface area contributed by atoms with Crippen LogP contribution in [0, 0.1) is 11.6 Å². The first-order chi connectivity index (χ1) is 8.04. The van der Waals surface area contributed by atoms with Gasteiger partial charge in [0.1, 0.15) is 11.5 Å². The van der Waals surface area contributed by atoms with E-state index < -0.39 is 11.6 Å². The third-order valence-electron chi connectivity index (χ3n) is 2.13. The molecule has 4 nitrogen and oxygen atoms in total. The molecule has 1 heterocycles. The van der Waals surface area contributed by atoms with Crippen molar-refractivity contribution in [3.63, 3.8) is 0 Å². The molecule has 7 heteroatoms. The lowest BCUT2D eigenvalue weighted by Gasteiger charge is -2.09. The summed E-state index contributed by atoms with van der Waals surface area (Å²) in [5.74, 6) is -1.69. The molecule has 0 saturated carbocycles. The van der Waals surface area contributed by atoms with Gasteiger partial charge in [-0.3, -0.25) is 0 Å². The van der Waals surface area contributed by atoms with Gasteiger partial charge in [0.25, 0.3) is 0 Å². The minimum absolute atomic E-state index is 0.0470. The zero-order chi connectivity index (χ0) is 12.6. The largest absolute Gasteiger partial charge is 0.493 e. The van der Waals surface area contributed by atoms with E-state index in [1.807, 2.05) is 0 Å². The Labute approximate surface area is 103 Å². The summed E-state index contributed by atoms with van der Waals surface area (Å²) >= 11 is 2.78. The van der Waals surface area contributed by atoms with Gasteiger partial charge in [-0.25, -0.2) is 8.78 Å². The molecule has 1 aromatic carbocycles. The Morgan fingerprint density at radius 2 is 2.12 bits per heavy atom. The number of methoxy groups -OCH3 is 1. The van der Waals surface area contributed by atoms with Gasteiger partial charge in [-0.1, -0.05) is 5.16 Å². The van der Waals surface area contributed by atoms with Crippen molar-refractivity contribution in [1.82, 2.24) is 5.16 Å². The molecule has 0 fully saturated rings. The highest BCUT2D eigenvalue weighted by Gasteiger charge is 2.20. The number of aromatic nitrogens is 1. The Bertz CT molecular complexity index is 572. The molecule has 90 valence electrons. The second kappa shape index (κ2) is 4.33. The summed E-state index contributed by atoms with van der Waals surface area (Å²) in [6.07, 6.45) is 0. The lowest BCUT2D eigenvalue weighted by Crippen LogP contribution is -1.96. The van der Waals surface area contributed by atoms with E-state index >= 15 is 0 Å². The van der Waals surface area contributed by atoms with Crippen LogP contribution in [-0.2, 0) is 0 Å². The molecule has 0 unspecified atom stereocenters. The maximum Gasteiger partial charge on any atom is 0.222 e. The molecular weight excluding hydrogens is 298 g/mol. The summed E-state index contributed by atoms with van der Waals surface area (Å²) in [5.41, 5.74) is 5.68. The van der Waals surface area contributed by atoms with E-state index in [-0.39, 0.29) is 27.4 Å². The van der Waals surface area contributed by atoms with Crippen molar-refractivity contribution in [1.29, 1.82) is 0 Å². The molecule has 17 heavy (non-hydrogen) atoms. The minimum Gasteiger partial charge on any atom is -0.493 e. The van der Waals surface area contributed by atoms with Crippen molar-refractivity contribution in [2.24, 2.45) is 0 Å². The fourth-order valence-corrected chi connectivity index (χ4v) is 1.68. The van der Waals surface area contributed by atoms with Crippen molar-refractivity contribution in [2.75, 3.05) is 12.8 Å². The maximum absolute atomic E-state index is 13.7. The molecule has 1 aromatic heterocycles. The Balaban J connectivity index is 2.69. The average molecular weight is 305 g/mol. The highest BCUT2D eigenvalue weighted by molar-refractivity contribution is 9.10. The first-order valence-electron chi connectivity index (χ1n) is 4.48. The molecule has 2 rings (SSSR count). The zero-order valence-corrected chi connectivity index (χ0v) is 10.2. The molecule has 0 aliphatic heterocycles. The summed E-state index contributed by atoms with van der Waals surface area (Å²) in [7, 11) is 1.27. The number of anilines is 1. The van der Waals surface area contributed by atoms with Crippen LogP contribution in [0.3, 0.4) is 0 Å². The SMILES string of the molecule is COc1c(-c2cc(N)on2)cc(F)c(Br)c1F. The van der Waals surface area contributed by atoms with E-state index in [0.29, 0.717) is 0 Å². The van der Waals surface area contributed by atoms with E-state index in [1.54, 1.807) is 0 Å². The normalized spacial score (nSPS) is 10.6. The van der Waals surface area contributed by atoms with Gasteiger partial charge in [-0.2, -0.15) is 0 Å². The molecule has 0 aliphatic rings. The number of nitrogen functional groups attached to an aromatic ring is 1. The number of hydrogen-bond donors (Lipinski definition) is 1. The molecule has 0 spiro atoms. The fourth-order valence-electron chi connectivity index (χ4n) is 1.38. The average Bonchev–Trinajstić information content (AvgIpc) is 2.72. The van der Waals surface area contributed by atoms with Crippen LogP contribution in [0.25, 0.3) is 11.3 Å². The van der Waals surface area contributed by atoms with Crippen LogP contribution in [0.5, 0.6) is 5.75 Å². The lowest BCUT2D eigenvalue weighted by atomic mass is 10.1. The summed E-state index contributed by atoms with van der Waals surface area (Å²) in [4.78, 5) is 0. The number of ether oxygens (including phenoxy) is 1. The molecule has 0 amide bonds. The van der Waals surface area contributed by atoms with Gasteiger partial charge < -0.3 is 15.0 Å². The molecule has 0 aliphatic carbocycles. The number of benzene rings is 1. The minimum atomic E-state index is -0.843. The molecule has 0 saturated heterocycles. The third kappa shape index (κ3) is 1.97. The van der Waals surface area contributed by atoms with Crippen molar-refractivity contribution < 1.29 is 18.0 Å². The highest BCUT2D eigenvalue weighted by atomic mass is 79.9. The van der Waals surface area contributed by atoms with Crippen LogP contribution in [0.2, 0.25) is 0 Å². The van der Waals surface area contributed by atoms with Gasteiger partial charge in [0.05, 0.1) is 17.1 Å². The predicted molar refractivity (Wildman–Crippen MR) is 60.5 cm³/mol. The van der Waals surface area contributed by atoms with E-state index in [9.17, 15) is 8.78 Å². The van der Waals surface area contributed by atoms with E-state index in [0.717, 1.165) is 6.07 Å². The topological polar surface area (TPSA) is 61.3 Å². The molecule has 0 atom stereocenters. The standard InChI is InChI=1S/C10H7BrF2N2O2/c1-16-10-4(6-3-7(14)17-15-6)2-5(12)8(11)9(10)13/h2-3H,14H2,1H3. The van der Waals surface area contributed by atoms with E-state index in [1.165, 1.54) is 13.2 Å². The summed E-state index contributed by atoms with van der Waals surface area (Å²) in [6.45, 7) is 0. The molecule has 0 radical (unpaired) electrons. The maximum atomic E-state index is 13.7. The van der Waals surface area contributed by atoms with Gasteiger partial charge >= 0.3 is 0 Å². The molecule has 2 aromatic rings. The Hall–Kier alpha value is -1.63. The monoisotopic (exact) mass is 304 g/mol. The van der Waals surface area contributed by atoms with E-state index in [2.05, 4.69) is 25.6 Å². The number of hydrogen-bond acceptors (Lipinski definition) is 4. The Morgan fingerprint density at radius 1 is 1.41 bits per heavy atom. The number of halogens is 3. The third-order valence-corrected chi connectivity index (χ3v) is 2.85. The van der Waals surface area contributed by atoms with Crippen molar-refractivity contribution >= 4 is 21.8 Å². The van der Waals surface area contributed by atoms with Crippen molar-refractivity contribution in [2.45, 2.75) is 0 Å². The molecule has 0 bridgehead atoms. The van der Waals surface area contributed by atoms with Crippen LogP contribution >= 0.6 is 15.9 Å². The first-order valence-corrected chi connectivity index (χ1v) is 5.28. The Morgan fingerprint density at radius 3 is 2.65 bits per heavy atom. The lowest BCUT2D eigenvalue weighted by molar-refractivity contribution is 0.383. The fraction of sp³-hybridized carbons (Fsp3) is 0.100. The van der Waals surface area contributed by atoms with Crippen LogP contribution < -0.4 is 10.5 Å². The second-order valence-corrected chi connectivity index (χ2v) is 3.97. The number of nitrogens with two attached hydrogens (primary N) is 1. The van der Waals surface area contributed by atoms with Gasteiger partial charge in [0.2, 0.25) is 5.88 Å². The Kier molecular flexibility index (Phi) is 3.01. The van der Waals surface area contributed by atoms with Crippen LogP contribution in [0.1, 0.15) is 0 Å². The molecule has 2 N–H and O–H groups in total. The quantitative estimate of drug-likeness (QED) is 0.867. The van der Waals surface area contributed by atoms with Crippen LogP contribution in [-0.4, -0.2) is 12.3 Å². The van der Waals surface area contributed by atoms with Crippen molar-refractivity contribution in [3.8, 4) is 17.0 Å². The van der Waals surface area contributed by atoms with Crippen molar-refractivity contribution in [3.05, 3.63) is 28.2 Å². The summed E-state index contributed by atoms with van der Waals surface area (Å²) in [5, 5.41) is 3.58. The smallest absolute Gasteiger partial charge is 0.222 e. The van der Waals surface area contributed by atoms with Gasteiger partial charge in [-0.15, -0.1) is 0 Å². The van der Waals surface area contributed by atoms with Gasteiger partial charge in [0.15, 0.2) is 11.6 Å². The summed E-state index contributed by atoms with van der Waals surface area (Å²) in [6, 6.07) is 2.44.